The molecule has 0 atom stereocenters. The van der Waals surface area contributed by atoms with Crippen molar-refractivity contribution in [2.45, 2.75) is 24.2 Å². The van der Waals surface area contributed by atoms with Gasteiger partial charge in [-0.2, -0.15) is 4.31 Å². The van der Waals surface area contributed by atoms with E-state index < -0.39 is 10.0 Å². The number of allylic oxidation sites excluding steroid dienone is 1. The number of piperidine rings is 1. The normalized spacial score (nSPS) is 15.7. The molecule has 27 heavy (non-hydrogen) atoms. The molecule has 0 bridgehead atoms. The summed E-state index contributed by atoms with van der Waals surface area (Å²) in [5.41, 5.74) is 1.25. The molecule has 0 radical (unpaired) electrons. The fourth-order valence-corrected chi connectivity index (χ4v) is 4.63. The second kappa shape index (κ2) is 8.50. The van der Waals surface area contributed by atoms with Crippen LogP contribution in [0.25, 0.3) is 6.08 Å². The number of ketones is 1. The van der Waals surface area contributed by atoms with Crippen LogP contribution in [0.3, 0.4) is 0 Å². The van der Waals surface area contributed by atoms with Gasteiger partial charge in [0.05, 0.1) is 12.0 Å². The Kier molecular flexibility index (Phi) is 6.08. The minimum absolute atomic E-state index is 0.192. The standard InChI is InChI=1S/C21H23NO4S/c1-26-21-8-4-3-7-18(21)11-14-20(23)17-9-12-19(13-10-17)27(24,25)22-15-5-2-6-16-22/h3-4,7-14H,2,5-6,15-16H2,1H3/b14-11+. The Balaban J connectivity index is 1.75. The first-order chi connectivity index (χ1) is 13.0. The molecule has 142 valence electrons. The molecule has 2 aromatic rings. The van der Waals surface area contributed by atoms with Gasteiger partial charge < -0.3 is 4.74 Å². The summed E-state index contributed by atoms with van der Waals surface area (Å²) >= 11 is 0. The van der Waals surface area contributed by atoms with Crippen LogP contribution in [0.2, 0.25) is 0 Å². The Hall–Kier alpha value is -2.44. The summed E-state index contributed by atoms with van der Waals surface area (Å²) in [6, 6.07) is 13.5. The molecule has 1 fully saturated rings. The van der Waals surface area contributed by atoms with Crippen LogP contribution in [0.5, 0.6) is 5.75 Å². The molecule has 0 aromatic heterocycles. The van der Waals surface area contributed by atoms with E-state index in [1.54, 1.807) is 25.3 Å². The SMILES string of the molecule is COc1ccccc1/C=C/C(=O)c1ccc(S(=O)(=O)N2CCCCC2)cc1. The molecule has 0 aliphatic carbocycles. The largest absolute Gasteiger partial charge is 0.496 e. The molecule has 6 heteroatoms. The number of benzene rings is 2. The highest BCUT2D eigenvalue weighted by molar-refractivity contribution is 7.89. The Morgan fingerprint density at radius 3 is 2.33 bits per heavy atom. The first-order valence-corrected chi connectivity index (χ1v) is 10.4. The van der Waals surface area contributed by atoms with Crippen LogP contribution in [0.15, 0.2) is 59.5 Å². The number of para-hydroxylation sites is 1. The van der Waals surface area contributed by atoms with E-state index in [0.29, 0.717) is 24.4 Å². The van der Waals surface area contributed by atoms with Crippen LogP contribution in [-0.4, -0.2) is 38.7 Å². The molecule has 1 aliphatic heterocycles. The third-order valence-electron chi connectivity index (χ3n) is 4.64. The highest BCUT2D eigenvalue weighted by Crippen LogP contribution is 2.22. The highest BCUT2D eigenvalue weighted by atomic mass is 32.2. The first kappa shape index (κ1) is 19.3. The topological polar surface area (TPSA) is 63.7 Å². The van der Waals surface area contributed by atoms with Gasteiger partial charge in [0.25, 0.3) is 0 Å². The molecule has 1 heterocycles. The quantitative estimate of drug-likeness (QED) is 0.561. The van der Waals surface area contributed by atoms with Crippen molar-refractivity contribution in [2.24, 2.45) is 0 Å². The predicted molar refractivity (Wildman–Crippen MR) is 105 cm³/mol. The lowest BCUT2D eigenvalue weighted by Gasteiger charge is -2.25. The Bertz CT molecular complexity index is 927. The number of carbonyl (C=O) groups excluding carboxylic acids is 1. The summed E-state index contributed by atoms with van der Waals surface area (Å²) in [7, 11) is -1.90. The molecule has 3 rings (SSSR count). The molecule has 5 nitrogen and oxygen atoms in total. The van der Waals surface area contributed by atoms with E-state index in [1.165, 1.54) is 22.5 Å². The second-order valence-corrected chi connectivity index (χ2v) is 8.37. The number of nitrogens with zero attached hydrogens (tertiary/aromatic N) is 1. The molecule has 0 N–H and O–H groups in total. The van der Waals surface area contributed by atoms with Crippen LogP contribution < -0.4 is 4.74 Å². The summed E-state index contributed by atoms with van der Waals surface area (Å²) in [6.45, 7) is 1.12. The Labute approximate surface area is 160 Å². The number of carbonyl (C=O) groups is 1. The molecule has 0 spiro atoms. The van der Waals surface area contributed by atoms with E-state index in [2.05, 4.69) is 0 Å². The van der Waals surface area contributed by atoms with E-state index in [4.69, 9.17) is 4.74 Å². The number of ether oxygens (including phenoxy) is 1. The van der Waals surface area contributed by atoms with Gasteiger partial charge in [-0.1, -0.05) is 24.6 Å². The zero-order chi connectivity index (χ0) is 19.3. The fraction of sp³-hybridized carbons (Fsp3) is 0.286. The molecular formula is C21H23NO4S. The molecule has 0 saturated carbocycles. The number of sulfonamides is 1. The van der Waals surface area contributed by atoms with Gasteiger partial charge in [0, 0.05) is 24.2 Å². The van der Waals surface area contributed by atoms with Gasteiger partial charge in [-0.15, -0.1) is 0 Å². The zero-order valence-corrected chi connectivity index (χ0v) is 16.1. The van der Waals surface area contributed by atoms with Gasteiger partial charge in [-0.25, -0.2) is 8.42 Å². The summed E-state index contributed by atoms with van der Waals surface area (Å²) in [5, 5.41) is 0. The summed E-state index contributed by atoms with van der Waals surface area (Å²) in [5.74, 6) is 0.493. The van der Waals surface area contributed by atoms with Crippen molar-refractivity contribution in [3.63, 3.8) is 0 Å². The smallest absolute Gasteiger partial charge is 0.243 e. The van der Waals surface area contributed by atoms with Gasteiger partial charge in [-0.3, -0.25) is 4.79 Å². The van der Waals surface area contributed by atoms with Crippen molar-refractivity contribution in [3.8, 4) is 5.75 Å². The lowest BCUT2D eigenvalue weighted by atomic mass is 10.1. The first-order valence-electron chi connectivity index (χ1n) is 8.98. The number of hydrogen-bond donors (Lipinski definition) is 0. The second-order valence-electron chi connectivity index (χ2n) is 6.43. The third-order valence-corrected chi connectivity index (χ3v) is 6.56. The maximum Gasteiger partial charge on any atom is 0.243 e. The number of methoxy groups -OCH3 is 1. The average molecular weight is 385 g/mol. The molecule has 0 amide bonds. The van der Waals surface area contributed by atoms with Gasteiger partial charge in [0.15, 0.2) is 5.78 Å². The molecule has 2 aromatic carbocycles. The fourth-order valence-electron chi connectivity index (χ4n) is 3.11. The van der Waals surface area contributed by atoms with Crippen LogP contribution in [0.4, 0.5) is 0 Å². The van der Waals surface area contributed by atoms with Crippen molar-refractivity contribution in [1.82, 2.24) is 4.31 Å². The molecule has 1 aliphatic rings. The maximum absolute atomic E-state index is 12.7. The summed E-state index contributed by atoms with van der Waals surface area (Å²) in [4.78, 5) is 12.6. The van der Waals surface area contributed by atoms with Crippen LogP contribution in [0, 0.1) is 0 Å². The van der Waals surface area contributed by atoms with E-state index in [0.717, 1.165) is 24.8 Å². The molecule has 0 unspecified atom stereocenters. The zero-order valence-electron chi connectivity index (χ0n) is 15.3. The van der Waals surface area contributed by atoms with Crippen LogP contribution in [-0.2, 0) is 10.0 Å². The predicted octanol–water partition coefficient (Wildman–Crippen LogP) is 3.77. The molecular weight excluding hydrogens is 362 g/mol. The van der Waals surface area contributed by atoms with E-state index in [-0.39, 0.29) is 10.7 Å². The van der Waals surface area contributed by atoms with E-state index in [1.807, 2.05) is 24.3 Å². The Morgan fingerprint density at radius 1 is 1.00 bits per heavy atom. The lowest BCUT2D eigenvalue weighted by molar-refractivity contribution is 0.104. The lowest BCUT2D eigenvalue weighted by Crippen LogP contribution is -2.35. The van der Waals surface area contributed by atoms with Gasteiger partial charge in [0.2, 0.25) is 10.0 Å². The van der Waals surface area contributed by atoms with Gasteiger partial charge in [-0.05, 0) is 55.3 Å². The minimum atomic E-state index is -3.48. The highest BCUT2D eigenvalue weighted by Gasteiger charge is 2.25. The maximum atomic E-state index is 12.7. The van der Waals surface area contributed by atoms with Crippen LogP contribution >= 0.6 is 0 Å². The number of hydrogen-bond acceptors (Lipinski definition) is 4. The average Bonchev–Trinajstić information content (AvgIpc) is 2.73. The van der Waals surface area contributed by atoms with Gasteiger partial charge in [0.1, 0.15) is 5.75 Å². The Morgan fingerprint density at radius 2 is 1.67 bits per heavy atom. The van der Waals surface area contributed by atoms with E-state index in [9.17, 15) is 13.2 Å². The summed E-state index contributed by atoms with van der Waals surface area (Å²) < 4.78 is 32.1. The van der Waals surface area contributed by atoms with Crippen molar-refractivity contribution in [3.05, 3.63) is 65.7 Å². The van der Waals surface area contributed by atoms with Crippen molar-refractivity contribution in [2.75, 3.05) is 20.2 Å². The minimum Gasteiger partial charge on any atom is -0.496 e. The van der Waals surface area contributed by atoms with E-state index >= 15 is 0 Å². The summed E-state index contributed by atoms with van der Waals surface area (Å²) in [6.07, 6.45) is 6.01. The van der Waals surface area contributed by atoms with Crippen molar-refractivity contribution in [1.29, 1.82) is 0 Å². The van der Waals surface area contributed by atoms with Crippen molar-refractivity contribution >= 4 is 21.9 Å². The molecule has 1 saturated heterocycles. The third kappa shape index (κ3) is 4.46. The number of rotatable bonds is 6. The van der Waals surface area contributed by atoms with Crippen LogP contribution in [0.1, 0.15) is 35.2 Å². The monoisotopic (exact) mass is 385 g/mol. The van der Waals surface area contributed by atoms with Crippen molar-refractivity contribution < 1.29 is 17.9 Å². The van der Waals surface area contributed by atoms with Gasteiger partial charge >= 0.3 is 0 Å².